The van der Waals surface area contributed by atoms with Crippen LogP contribution >= 0.6 is 23.2 Å². The van der Waals surface area contributed by atoms with Gasteiger partial charge in [-0.3, -0.25) is 14.4 Å². The number of ether oxygens (including phenoxy) is 1. The summed E-state index contributed by atoms with van der Waals surface area (Å²) in [6, 6.07) is 0. The van der Waals surface area contributed by atoms with Crippen molar-refractivity contribution in [1.29, 1.82) is 0 Å². The Morgan fingerprint density at radius 3 is 2.26 bits per heavy atom. The summed E-state index contributed by atoms with van der Waals surface area (Å²) in [5.74, 6) is -6.85. The van der Waals surface area contributed by atoms with E-state index in [2.05, 4.69) is 0 Å². The second-order valence-electron chi connectivity index (χ2n) is 10.3. The Labute approximate surface area is 210 Å². The number of halogens is 3. The Balaban J connectivity index is 2.13. The molecule has 188 valence electrons. The minimum Gasteiger partial charge on any atom is -0.458 e. The van der Waals surface area contributed by atoms with Gasteiger partial charge in [0.1, 0.15) is 18.2 Å². The van der Waals surface area contributed by atoms with Gasteiger partial charge < -0.3 is 9.84 Å². The van der Waals surface area contributed by atoms with E-state index in [-0.39, 0.29) is 18.3 Å². The number of carbonyl (C=O) groups excluding carboxylic acids is 3. The fourth-order valence-corrected chi connectivity index (χ4v) is 6.37. The molecule has 1 fully saturated rings. The summed E-state index contributed by atoms with van der Waals surface area (Å²) in [5.41, 5.74) is -1.54. The van der Waals surface area contributed by atoms with Crippen molar-refractivity contribution in [2.75, 3.05) is 0 Å². The zero-order valence-electron chi connectivity index (χ0n) is 20.1. The molecule has 0 aromatic carbocycles. The van der Waals surface area contributed by atoms with Gasteiger partial charge in [-0.25, -0.2) is 4.39 Å². The predicted molar refractivity (Wildman–Crippen MR) is 129 cm³/mol. The molecular formula is C26H33Cl2FO5. The van der Waals surface area contributed by atoms with Crippen LogP contribution in [-0.4, -0.2) is 44.9 Å². The summed E-state index contributed by atoms with van der Waals surface area (Å²) in [5, 5.41) is 10.6. The maximum Gasteiger partial charge on any atom is 0.316 e. The number of hydrogen-bond acceptors (Lipinski definition) is 5. The Kier molecular flexibility index (Phi) is 7.86. The maximum absolute atomic E-state index is 15.3. The van der Waals surface area contributed by atoms with Crippen molar-refractivity contribution < 1.29 is 28.6 Å². The first kappa shape index (κ1) is 27.1. The van der Waals surface area contributed by atoms with Crippen LogP contribution in [0.4, 0.5) is 4.39 Å². The molecule has 0 spiro atoms. The normalized spacial score (nSPS) is 47.1. The van der Waals surface area contributed by atoms with Gasteiger partial charge in [-0.15, -0.1) is 0 Å². The SMILES string of the molecule is C[C@@H]1C(=O)O[C@@H](C)/C=C/C=C\[C@@H](C)[C@@H]2C=C[C@@H]3C[C@@](C)(O)[C@H](F)[C@@H](C)[C@H]3[C@@H]2C(=O)C(Cl)(Cl)C1=O. The number of Topliss-reactive ketones (excluding diaryl/α,β-unsaturated/α-hetero) is 2. The topological polar surface area (TPSA) is 80.7 Å². The van der Waals surface area contributed by atoms with Gasteiger partial charge in [0.05, 0.1) is 5.60 Å². The first-order valence-electron chi connectivity index (χ1n) is 11.8. The molecule has 8 heteroatoms. The number of aliphatic hydroxyl groups is 1. The largest absolute Gasteiger partial charge is 0.458 e. The first-order valence-corrected chi connectivity index (χ1v) is 12.5. The van der Waals surface area contributed by atoms with Gasteiger partial charge in [-0.05, 0) is 62.9 Å². The lowest BCUT2D eigenvalue weighted by Gasteiger charge is -2.52. The van der Waals surface area contributed by atoms with Gasteiger partial charge >= 0.3 is 5.97 Å². The zero-order chi connectivity index (χ0) is 25.6. The third kappa shape index (κ3) is 4.91. The van der Waals surface area contributed by atoms with Crippen LogP contribution in [0.2, 0.25) is 0 Å². The minimum atomic E-state index is -2.50. The van der Waals surface area contributed by atoms with Crippen LogP contribution in [0.15, 0.2) is 36.5 Å². The molecule has 1 N–H and O–H groups in total. The molecule has 34 heavy (non-hydrogen) atoms. The highest BCUT2D eigenvalue weighted by Crippen LogP contribution is 2.53. The second-order valence-corrected chi connectivity index (χ2v) is 11.7. The molecule has 0 radical (unpaired) electrons. The number of alkyl halides is 3. The van der Waals surface area contributed by atoms with E-state index in [9.17, 15) is 19.5 Å². The van der Waals surface area contributed by atoms with Crippen LogP contribution in [0.5, 0.6) is 0 Å². The van der Waals surface area contributed by atoms with E-state index < -0.39 is 69.3 Å². The third-order valence-corrected chi connectivity index (χ3v) is 8.45. The van der Waals surface area contributed by atoms with Crippen LogP contribution in [0.1, 0.15) is 41.0 Å². The molecule has 0 aromatic heterocycles. The van der Waals surface area contributed by atoms with E-state index in [0.717, 1.165) is 0 Å². The molecule has 1 aliphatic heterocycles. The van der Waals surface area contributed by atoms with Gasteiger partial charge in [-0.1, -0.05) is 67.4 Å². The molecule has 1 heterocycles. The molecule has 0 saturated heterocycles. The predicted octanol–water partition coefficient (Wildman–Crippen LogP) is 4.79. The second kappa shape index (κ2) is 9.87. The van der Waals surface area contributed by atoms with E-state index in [0.29, 0.717) is 0 Å². The Hall–Kier alpha value is -1.50. The van der Waals surface area contributed by atoms with Gasteiger partial charge in [0.2, 0.25) is 4.33 Å². The molecule has 0 amide bonds. The minimum absolute atomic E-state index is 0.134. The summed E-state index contributed by atoms with van der Waals surface area (Å²) in [7, 11) is 0. The molecule has 10 atom stereocenters. The average Bonchev–Trinajstić information content (AvgIpc) is 2.77. The number of fused-ring (bicyclic) bond motifs is 3. The molecule has 0 bridgehead atoms. The number of hydrogen-bond donors (Lipinski definition) is 1. The molecule has 3 rings (SSSR count). The summed E-state index contributed by atoms with van der Waals surface area (Å²) in [4.78, 5) is 39.6. The smallest absolute Gasteiger partial charge is 0.316 e. The Bertz CT molecular complexity index is 924. The van der Waals surface area contributed by atoms with Crippen LogP contribution in [0.25, 0.3) is 0 Å². The molecule has 3 aliphatic rings. The summed E-state index contributed by atoms with van der Waals surface area (Å²) < 4.78 is 18.0. The lowest BCUT2D eigenvalue weighted by atomic mass is 9.54. The van der Waals surface area contributed by atoms with E-state index in [1.165, 1.54) is 13.8 Å². The van der Waals surface area contributed by atoms with Crippen molar-refractivity contribution in [1.82, 2.24) is 0 Å². The fourth-order valence-electron chi connectivity index (χ4n) is 5.79. The zero-order valence-corrected chi connectivity index (χ0v) is 21.6. The van der Waals surface area contributed by atoms with E-state index in [1.807, 2.05) is 25.2 Å². The van der Waals surface area contributed by atoms with Crippen LogP contribution in [0.3, 0.4) is 0 Å². The number of rotatable bonds is 0. The van der Waals surface area contributed by atoms with Gasteiger partial charge in [0.25, 0.3) is 0 Å². The Morgan fingerprint density at radius 2 is 1.62 bits per heavy atom. The summed E-state index contributed by atoms with van der Waals surface area (Å²) >= 11 is 12.9. The van der Waals surface area contributed by atoms with Crippen molar-refractivity contribution in [2.24, 2.45) is 41.4 Å². The number of cyclic esters (lactones) is 1. The lowest BCUT2D eigenvalue weighted by Crippen LogP contribution is -2.58. The molecule has 0 unspecified atom stereocenters. The van der Waals surface area contributed by atoms with Crippen LogP contribution < -0.4 is 0 Å². The molecule has 2 aliphatic carbocycles. The monoisotopic (exact) mass is 514 g/mol. The van der Waals surface area contributed by atoms with Gasteiger partial charge in [0, 0.05) is 5.92 Å². The Morgan fingerprint density at radius 1 is 1.00 bits per heavy atom. The van der Waals surface area contributed by atoms with E-state index in [4.69, 9.17) is 27.9 Å². The van der Waals surface area contributed by atoms with Crippen LogP contribution in [-0.2, 0) is 19.1 Å². The average molecular weight is 515 g/mol. The molecular weight excluding hydrogens is 482 g/mol. The van der Waals surface area contributed by atoms with Crippen molar-refractivity contribution in [3.8, 4) is 0 Å². The van der Waals surface area contributed by atoms with Crippen molar-refractivity contribution in [3.05, 3.63) is 36.5 Å². The van der Waals surface area contributed by atoms with Crippen LogP contribution in [0, 0.1) is 41.4 Å². The summed E-state index contributed by atoms with van der Waals surface area (Å²) in [6.45, 7) is 8.02. The number of allylic oxidation sites excluding steroid dienone is 5. The highest BCUT2D eigenvalue weighted by molar-refractivity contribution is 6.68. The standard InChI is InChI=1S/C26H33Cl2FO5/c1-13-8-6-7-9-14(2)34-24(32)16(4)22(30)26(27,28)23(31)20-18(13)11-10-17-12-25(5,33)21(29)15(3)19(17)20/h6-11,13-21,33H,12H2,1-5H3/b8-6-,9-7+/t13-,14+,15+,16+,17-,18+,19-,20-,21-,25-/m1/s1. The van der Waals surface area contributed by atoms with Crippen molar-refractivity contribution >= 4 is 40.7 Å². The lowest BCUT2D eigenvalue weighted by molar-refractivity contribution is -0.155. The third-order valence-electron chi connectivity index (χ3n) is 7.70. The van der Waals surface area contributed by atoms with Gasteiger partial charge in [0.15, 0.2) is 11.6 Å². The van der Waals surface area contributed by atoms with Crippen molar-refractivity contribution in [2.45, 2.75) is 63.2 Å². The first-order chi connectivity index (χ1) is 15.7. The number of carbonyl (C=O) groups is 3. The summed E-state index contributed by atoms with van der Waals surface area (Å²) in [6.07, 6.45) is 8.92. The number of esters is 1. The molecule has 5 nitrogen and oxygen atoms in total. The van der Waals surface area contributed by atoms with E-state index in [1.54, 1.807) is 32.1 Å². The van der Waals surface area contributed by atoms with Crippen molar-refractivity contribution in [3.63, 3.8) is 0 Å². The quantitative estimate of drug-likeness (QED) is 0.217. The maximum atomic E-state index is 15.3. The molecule has 0 aromatic rings. The highest BCUT2D eigenvalue weighted by atomic mass is 35.5. The highest BCUT2D eigenvalue weighted by Gasteiger charge is 2.59. The molecule has 1 saturated carbocycles. The van der Waals surface area contributed by atoms with Gasteiger partial charge in [-0.2, -0.15) is 0 Å². The fraction of sp³-hybridized carbons (Fsp3) is 0.654. The number of ketones is 2. The van der Waals surface area contributed by atoms with E-state index >= 15 is 4.39 Å².